The van der Waals surface area contributed by atoms with E-state index in [4.69, 9.17) is 14.3 Å². The topological polar surface area (TPSA) is 69.6 Å². The highest BCUT2D eigenvalue weighted by atomic mass is 19.3. The second kappa shape index (κ2) is 9.17. The number of halogens is 3. The molecule has 3 heterocycles. The standard InChI is InChI=1S/C24H23F3N2O5/c25-17-4-1-15(2-5-17)22(30)29-9-7-18(13-29)32-21-11-16(3-6-20(21)33-23(26)27)19-12-24(34-28-19)8-10-31-14-24/h1-6,11,18,23H,7-10,12-14H2/t18-,24?/m1/s1. The van der Waals surface area contributed by atoms with Gasteiger partial charge in [-0.05, 0) is 42.5 Å². The molecule has 2 aromatic carbocycles. The van der Waals surface area contributed by atoms with Crippen LogP contribution in [0, 0.1) is 5.82 Å². The SMILES string of the molecule is O=C(c1ccc(F)cc1)N1CC[C@@H](Oc2cc(C3=NOC4(CCOC4)C3)ccc2OC(F)F)C1. The summed E-state index contributed by atoms with van der Waals surface area (Å²) in [5.74, 6) is -0.620. The van der Waals surface area contributed by atoms with Crippen LogP contribution in [0.2, 0.25) is 0 Å². The van der Waals surface area contributed by atoms with E-state index in [-0.39, 0.29) is 24.0 Å². The van der Waals surface area contributed by atoms with Crippen LogP contribution in [0.15, 0.2) is 47.6 Å². The van der Waals surface area contributed by atoms with Gasteiger partial charge in [-0.15, -0.1) is 0 Å². The predicted octanol–water partition coefficient (Wildman–Crippen LogP) is 4.00. The monoisotopic (exact) mass is 476 g/mol. The number of carbonyl (C=O) groups excluding carboxylic acids is 1. The van der Waals surface area contributed by atoms with E-state index in [0.29, 0.717) is 49.4 Å². The predicted molar refractivity (Wildman–Crippen MR) is 115 cm³/mol. The Labute approximate surface area is 194 Å². The minimum Gasteiger partial charge on any atom is -0.485 e. The summed E-state index contributed by atoms with van der Waals surface area (Å²) in [6.45, 7) is -1.27. The van der Waals surface area contributed by atoms with Gasteiger partial charge in [-0.25, -0.2) is 4.39 Å². The van der Waals surface area contributed by atoms with Gasteiger partial charge in [0.2, 0.25) is 0 Å². The van der Waals surface area contributed by atoms with Gasteiger partial charge >= 0.3 is 6.61 Å². The Morgan fingerprint density at radius 3 is 2.74 bits per heavy atom. The lowest BCUT2D eigenvalue weighted by Crippen LogP contribution is -2.31. The number of alkyl halides is 2. The van der Waals surface area contributed by atoms with Crippen LogP contribution in [0.3, 0.4) is 0 Å². The number of hydrogen-bond donors (Lipinski definition) is 0. The molecule has 34 heavy (non-hydrogen) atoms. The highest BCUT2D eigenvalue weighted by Crippen LogP contribution is 2.37. The third kappa shape index (κ3) is 4.68. The number of amides is 1. The highest BCUT2D eigenvalue weighted by Gasteiger charge is 2.43. The maximum absolute atomic E-state index is 13.2. The quantitative estimate of drug-likeness (QED) is 0.631. The fourth-order valence-electron chi connectivity index (χ4n) is 4.41. The maximum Gasteiger partial charge on any atom is 0.387 e. The molecule has 10 heteroatoms. The molecule has 2 aromatic rings. The summed E-state index contributed by atoms with van der Waals surface area (Å²) in [6.07, 6.45) is 1.37. The van der Waals surface area contributed by atoms with E-state index in [1.165, 1.54) is 30.3 Å². The van der Waals surface area contributed by atoms with Crippen LogP contribution in [0.1, 0.15) is 35.2 Å². The number of oxime groups is 1. The molecule has 0 saturated carbocycles. The molecule has 2 fully saturated rings. The lowest BCUT2D eigenvalue weighted by atomic mass is 9.93. The third-order valence-electron chi connectivity index (χ3n) is 6.22. The van der Waals surface area contributed by atoms with Gasteiger partial charge < -0.3 is 23.9 Å². The first kappa shape index (κ1) is 22.5. The molecule has 0 aliphatic carbocycles. The average Bonchev–Trinajstić information content (AvgIpc) is 3.57. The van der Waals surface area contributed by atoms with Gasteiger partial charge in [0.15, 0.2) is 17.1 Å². The van der Waals surface area contributed by atoms with E-state index >= 15 is 0 Å². The second-order valence-electron chi connectivity index (χ2n) is 8.62. The zero-order chi connectivity index (χ0) is 23.7. The molecule has 1 spiro atoms. The van der Waals surface area contributed by atoms with Gasteiger partial charge in [-0.3, -0.25) is 4.79 Å². The highest BCUT2D eigenvalue weighted by molar-refractivity contribution is 6.02. The van der Waals surface area contributed by atoms with Crippen molar-refractivity contribution in [2.75, 3.05) is 26.3 Å². The van der Waals surface area contributed by atoms with Crippen LogP contribution in [0.5, 0.6) is 11.5 Å². The van der Waals surface area contributed by atoms with E-state index in [2.05, 4.69) is 9.89 Å². The largest absolute Gasteiger partial charge is 0.485 e. The maximum atomic E-state index is 13.2. The summed E-state index contributed by atoms with van der Waals surface area (Å²) in [6, 6.07) is 9.99. The number of benzene rings is 2. The zero-order valence-electron chi connectivity index (χ0n) is 18.2. The minimum atomic E-state index is -3.01. The Balaban J connectivity index is 1.30. The van der Waals surface area contributed by atoms with Gasteiger partial charge in [0.1, 0.15) is 11.9 Å². The van der Waals surface area contributed by atoms with Gasteiger partial charge in [0.05, 0.1) is 25.5 Å². The molecular formula is C24H23F3N2O5. The zero-order valence-corrected chi connectivity index (χ0v) is 18.2. The van der Waals surface area contributed by atoms with Gasteiger partial charge in [0.25, 0.3) is 5.91 Å². The van der Waals surface area contributed by atoms with Crippen molar-refractivity contribution in [3.8, 4) is 11.5 Å². The fraction of sp³-hybridized carbons (Fsp3) is 0.417. The van der Waals surface area contributed by atoms with Gasteiger partial charge in [-0.1, -0.05) is 5.16 Å². The van der Waals surface area contributed by atoms with Gasteiger partial charge in [-0.2, -0.15) is 8.78 Å². The van der Waals surface area contributed by atoms with E-state index in [1.807, 2.05) is 0 Å². The third-order valence-corrected chi connectivity index (χ3v) is 6.22. The van der Waals surface area contributed by atoms with Gasteiger partial charge in [0, 0.05) is 36.9 Å². The molecule has 180 valence electrons. The van der Waals surface area contributed by atoms with Crippen molar-refractivity contribution < 1.29 is 37.0 Å². The molecule has 0 bridgehead atoms. The first-order valence-corrected chi connectivity index (χ1v) is 11.0. The van der Waals surface area contributed by atoms with E-state index in [9.17, 15) is 18.0 Å². The number of nitrogens with zero attached hydrogens (tertiary/aromatic N) is 2. The molecule has 1 amide bonds. The molecule has 2 atom stereocenters. The van der Waals surface area contributed by atoms with Crippen LogP contribution in [-0.4, -0.2) is 61.1 Å². The summed E-state index contributed by atoms with van der Waals surface area (Å²) < 4.78 is 55.2. The fourth-order valence-corrected chi connectivity index (χ4v) is 4.41. The van der Waals surface area contributed by atoms with E-state index in [1.54, 1.807) is 17.0 Å². The summed E-state index contributed by atoms with van der Waals surface area (Å²) in [4.78, 5) is 19.9. The van der Waals surface area contributed by atoms with Crippen molar-refractivity contribution in [3.63, 3.8) is 0 Å². The summed E-state index contributed by atoms with van der Waals surface area (Å²) in [5, 5.41) is 4.19. The normalized spacial score (nSPS) is 23.9. The first-order chi connectivity index (χ1) is 16.4. The minimum absolute atomic E-state index is 0.0968. The molecule has 0 aromatic heterocycles. The smallest absolute Gasteiger partial charge is 0.387 e. The first-order valence-electron chi connectivity index (χ1n) is 11.0. The number of ether oxygens (including phenoxy) is 3. The van der Waals surface area contributed by atoms with E-state index in [0.717, 1.165) is 6.42 Å². The molecule has 0 N–H and O–H groups in total. The van der Waals surface area contributed by atoms with Crippen molar-refractivity contribution in [3.05, 3.63) is 59.4 Å². The molecule has 0 radical (unpaired) electrons. The Morgan fingerprint density at radius 1 is 1.18 bits per heavy atom. The second-order valence-corrected chi connectivity index (χ2v) is 8.62. The Kier molecular flexibility index (Phi) is 6.07. The van der Waals surface area contributed by atoms with Crippen LogP contribution in [0.4, 0.5) is 13.2 Å². The number of likely N-dealkylation sites (tertiary alicyclic amines) is 1. The average molecular weight is 476 g/mol. The Hall–Kier alpha value is -3.27. The van der Waals surface area contributed by atoms with Crippen molar-refractivity contribution in [1.29, 1.82) is 0 Å². The van der Waals surface area contributed by atoms with Crippen molar-refractivity contribution in [2.45, 2.75) is 37.6 Å². The molecule has 2 saturated heterocycles. The van der Waals surface area contributed by atoms with E-state index < -0.39 is 24.1 Å². The van der Waals surface area contributed by atoms with Crippen LogP contribution >= 0.6 is 0 Å². The van der Waals surface area contributed by atoms with Crippen LogP contribution < -0.4 is 9.47 Å². The number of rotatable bonds is 6. The summed E-state index contributed by atoms with van der Waals surface area (Å²) in [7, 11) is 0. The summed E-state index contributed by atoms with van der Waals surface area (Å²) >= 11 is 0. The Morgan fingerprint density at radius 2 is 2.00 bits per heavy atom. The van der Waals surface area contributed by atoms with Crippen molar-refractivity contribution in [2.24, 2.45) is 5.16 Å². The molecule has 3 aliphatic heterocycles. The van der Waals surface area contributed by atoms with Crippen LogP contribution in [0.25, 0.3) is 0 Å². The molecule has 3 aliphatic rings. The lowest BCUT2D eigenvalue weighted by Gasteiger charge is -2.20. The molecular weight excluding hydrogens is 453 g/mol. The molecule has 1 unspecified atom stereocenters. The lowest BCUT2D eigenvalue weighted by molar-refractivity contribution is -0.0520. The van der Waals surface area contributed by atoms with Crippen molar-refractivity contribution in [1.82, 2.24) is 4.90 Å². The number of carbonyl (C=O) groups is 1. The Bertz CT molecular complexity index is 1090. The number of hydrogen-bond acceptors (Lipinski definition) is 6. The molecule has 7 nitrogen and oxygen atoms in total. The van der Waals surface area contributed by atoms with Crippen LogP contribution in [-0.2, 0) is 9.57 Å². The summed E-state index contributed by atoms with van der Waals surface area (Å²) in [5.41, 5.74) is 1.26. The van der Waals surface area contributed by atoms with Crippen molar-refractivity contribution >= 4 is 11.6 Å². The molecule has 5 rings (SSSR count).